The number of hydrogen-bond acceptors (Lipinski definition) is 2. The van der Waals surface area contributed by atoms with E-state index in [1.807, 2.05) is 0 Å². The Morgan fingerprint density at radius 3 is 2.57 bits per heavy atom. The maximum Gasteiger partial charge on any atom is 0.168 e. The Balaban J connectivity index is 3.32. The standard InChI is InChI=1S/C10H10F2OS/c1-3-7(13)9-6(11)4-5-8(14-2)10(9)12/h4-5H,3H2,1-2H3. The number of carbonyl (C=O) groups is 1. The molecule has 0 spiro atoms. The van der Waals surface area contributed by atoms with Gasteiger partial charge in [0.25, 0.3) is 0 Å². The lowest BCUT2D eigenvalue weighted by molar-refractivity contribution is 0.0979. The van der Waals surface area contributed by atoms with Crippen LogP contribution < -0.4 is 0 Å². The van der Waals surface area contributed by atoms with Crippen LogP contribution in [0.4, 0.5) is 8.78 Å². The predicted octanol–water partition coefficient (Wildman–Crippen LogP) is 3.28. The highest BCUT2D eigenvalue weighted by molar-refractivity contribution is 7.98. The third-order valence-electron chi connectivity index (χ3n) is 1.88. The quantitative estimate of drug-likeness (QED) is 0.569. The van der Waals surface area contributed by atoms with Crippen LogP contribution in [0.5, 0.6) is 0 Å². The van der Waals surface area contributed by atoms with Crippen molar-refractivity contribution in [3.63, 3.8) is 0 Å². The average molecular weight is 216 g/mol. The van der Waals surface area contributed by atoms with Crippen molar-refractivity contribution in [2.24, 2.45) is 0 Å². The highest BCUT2D eigenvalue weighted by Gasteiger charge is 2.18. The second-order valence-corrected chi connectivity index (χ2v) is 3.56. The van der Waals surface area contributed by atoms with E-state index in [0.717, 1.165) is 17.8 Å². The first-order valence-electron chi connectivity index (χ1n) is 4.17. The molecule has 0 aliphatic carbocycles. The third-order valence-corrected chi connectivity index (χ3v) is 2.63. The van der Waals surface area contributed by atoms with Gasteiger partial charge in [0, 0.05) is 11.3 Å². The van der Waals surface area contributed by atoms with Crippen LogP contribution in [-0.4, -0.2) is 12.0 Å². The molecular formula is C10H10F2OS. The molecule has 0 radical (unpaired) electrons. The van der Waals surface area contributed by atoms with E-state index in [-0.39, 0.29) is 6.42 Å². The minimum atomic E-state index is -0.785. The first kappa shape index (κ1) is 11.2. The van der Waals surface area contributed by atoms with Gasteiger partial charge in [0.2, 0.25) is 0 Å². The van der Waals surface area contributed by atoms with Crippen LogP contribution in [0.1, 0.15) is 23.7 Å². The lowest BCUT2D eigenvalue weighted by atomic mass is 10.1. The number of thioether (sulfide) groups is 1. The van der Waals surface area contributed by atoms with Crippen molar-refractivity contribution >= 4 is 17.5 Å². The van der Waals surface area contributed by atoms with Gasteiger partial charge in [0.1, 0.15) is 11.6 Å². The Kier molecular flexibility index (Phi) is 3.63. The molecule has 0 bridgehead atoms. The number of carbonyl (C=O) groups excluding carboxylic acids is 1. The van der Waals surface area contributed by atoms with Gasteiger partial charge in [-0.25, -0.2) is 8.78 Å². The van der Waals surface area contributed by atoms with Crippen LogP contribution in [0.2, 0.25) is 0 Å². The van der Waals surface area contributed by atoms with Crippen molar-refractivity contribution in [3.8, 4) is 0 Å². The fraction of sp³-hybridized carbons (Fsp3) is 0.300. The molecule has 0 aliphatic heterocycles. The van der Waals surface area contributed by atoms with E-state index in [0.29, 0.717) is 4.90 Å². The summed E-state index contributed by atoms with van der Waals surface area (Å²) in [5, 5.41) is 0. The monoisotopic (exact) mass is 216 g/mol. The second-order valence-electron chi connectivity index (χ2n) is 2.72. The number of rotatable bonds is 3. The fourth-order valence-electron chi connectivity index (χ4n) is 1.12. The molecule has 0 aromatic heterocycles. The SMILES string of the molecule is CCC(=O)c1c(F)ccc(SC)c1F. The molecule has 0 saturated heterocycles. The summed E-state index contributed by atoms with van der Waals surface area (Å²) in [4.78, 5) is 11.5. The molecule has 0 heterocycles. The van der Waals surface area contributed by atoms with Gasteiger partial charge in [-0.15, -0.1) is 11.8 Å². The van der Waals surface area contributed by atoms with Crippen molar-refractivity contribution in [1.82, 2.24) is 0 Å². The summed E-state index contributed by atoms with van der Waals surface area (Å²) < 4.78 is 26.6. The predicted molar refractivity (Wildman–Crippen MR) is 52.8 cm³/mol. The van der Waals surface area contributed by atoms with Gasteiger partial charge >= 0.3 is 0 Å². The fourth-order valence-corrected chi connectivity index (χ4v) is 1.61. The Labute approximate surface area is 85.5 Å². The summed E-state index contributed by atoms with van der Waals surface area (Å²) in [7, 11) is 0. The molecule has 1 aromatic rings. The van der Waals surface area contributed by atoms with E-state index in [2.05, 4.69) is 0 Å². The van der Waals surface area contributed by atoms with Crippen molar-refractivity contribution in [1.29, 1.82) is 0 Å². The number of Topliss-reactive ketones (excluding diaryl/α,β-unsaturated/α-hetero) is 1. The molecule has 0 unspecified atom stereocenters. The summed E-state index contributed by atoms with van der Waals surface area (Å²) in [6.07, 6.45) is 1.78. The highest BCUT2D eigenvalue weighted by atomic mass is 32.2. The van der Waals surface area contributed by atoms with Crippen LogP contribution in [-0.2, 0) is 0 Å². The van der Waals surface area contributed by atoms with Crippen molar-refractivity contribution in [2.45, 2.75) is 18.2 Å². The van der Waals surface area contributed by atoms with Gasteiger partial charge in [0.05, 0.1) is 5.56 Å². The van der Waals surface area contributed by atoms with Gasteiger partial charge in [0.15, 0.2) is 5.78 Å². The number of halogens is 2. The Bertz CT molecular complexity index is 363. The van der Waals surface area contributed by atoms with Crippen molar-refractivity contribution < 1.29 is 13.6 Å². The summed E-state index contributed by atoms with van der Waals surface area (Å²) in [5.41, 5.74) is -0.417. The van der Waals surface area contributed by atoms with Crippen LogP contribution in [0.25, 0.3) is 0 Å². The topological polar surface area (TPSA) is 17.1 Å². The van der Waals surface area contributed by atoms with E-state index in [1.165, 1.54) is 6.07 Å². The second kappa shape index (κ2) is 4.55. The van der Waals surface area contributed by atoms with Gasteiger partial charge in [-0.05, 0) is 18.4 Å². The Morgan fingerprint density at radius 2 is 2.07 bits per heavy atom. The molecule has 1 aromatic carbocycles. The molecule has 4 heteroatoms. The lowest BCUT2D eigenvalue weighted by Crippen LogP contribution is -2.05. The maximum atomic E-state index is 13.5. The summed E-state index contributed by atoms with van der Waals surface area (Å²) in [6, 6.07) is 2.46. The van der Waals surface area contributed by atoms with Gasteiger partial charge in [-0.2, -0.15) is 0 Å². The number of benzene rings is 1. The van der Waals surface area contributed by atoms with Gasteiger partial charge in [-0.1, -0.05) is 6.92 Å². The maximum absolute atomic E-state index is 13.5. The summed E-state index contributed by atoms with van der Waals surface area (Å²) in [5.74, 6) is -2.03. The zero-order valence-electron chi connectivity index (χ0n) is 7.93. The van der Waals surface area contributed by atoms with E-state index in [1.54, 1.807) is 13.2 Å². The number of hydrogen-bond donors (Lipinski definition) is 0. The van der Waals surface area contributed by atoms with Gasteiger partial charge < -0.3 is 0 Å². The third kappa shape index (κ3) is 1.95. The molecule has 0 N–H and O–H groups in total. The van der Waals surface area contributed by atoms with Crippen LogP contribution in [0.3, 0.4) is 0 Å². The zero-order chi connectivity index (χ0) is 10.7. The lowest BCUT2D eigenvalue weighted by Gasteiger charge is -2.05. The minimum absolute atomic E-state index is 0.103. The van der Waals surface area contributed by atoms with Gasteiger partial charge in [-0.3, -0.25) is 4.79 Å². The normalized spacial score (nSPS) is 10.3. The van der Waals surface area contributed by atoms with Crippen molar-refractivity contribution in [3.05, 3.63) is 29.3 Å². The molecule has 0 aliphatic rings. The Hall–Kier alpha value is -0.900. The summed E-state index contributed by atoms with van der Waals surface area (Å²) >= 11 is 1.15. The first-order chi connectivity index (χ1) is 6.61. The van der Waals surface area contributed by atoms with E-state index in [9.17, 15) is 13.6 Å². The molecule has 0 saturated carbocycles. The molecule has 0 atom stereocenters. The molecule has 76 valence electrons. The molecule has 0 fully saturated rings. The zero-order valence-corrected chi connectivity index (χ0v) is 8.75. The van der Waals surface area contributed by atoms with E-state index < -0.39 is 23.0 Å². The van der Waals surface area contributed by atoms with E-state index in [4.69, 9.17) is 0 Å². The minimum Gasteiger partial charge on any atom is -0.294 e. The largest absolute Gasteiger partial charge is 0.294 e. The molecule has 0 amide bonds. The molecular weight excluding hydrogens is 206 g/mol. The molecule has 1 nitrogen and oxygen atoms in total. The van der Waals surface area contributed by atoms with Crippen LogP contribution in [0.15, 0.2) is 17.0 Å². The Morgan fingerprint density at radius 1 is 1.43 bits per heavy atom. The van der Waals surface area contributed by atoms with Crippen molar-refractivity contribution in [2.75, 3.05) is 6.26 Å². The first-order valence-corrected chi connectivity index (χ1v) is 5.39. The van der Waals surface area contributed by atoms with Crippen LogP contribution in [0, 0.1) is 11.6 Å². The summed E-state index contributed by atoms with van der Waals surface area (Å²) in [6.45, 7) is 1.58. The molecule has 14 heavy (non-hydrogen) atoms. The average Bonchev–Trinajstić information content (AvgIpc) is 2.18. The number of ketones is 1. The highest BCUT2D eigenvalue weighted by Crippen LogP contribution is 2.24. The molecule has 1 rings (SSSR count). The van der Waals surface area contributed by atoms with Crippen LogP contribution >= 0.6 is 11.8 Å². The smallest absolute Gasteiger partial charge is 0.168 e. The van der Waals surface area contributed by atoms with E-state index >= 15 is 0 Å².